The average molecular weight is 241 g/mol. The fourth-order valence-electron chi connectivity index (χ4n) is 2.24. The number of nitrogens with one attached hydrogen (secondary N) is 1. The van der Waals surface area contributed by atoms with Crippen LogP contribution in [0.2, 0.25) is 0 Å². The summed E-state index contributed by atoms with van der Waals surface area (Å²) in [6.45, 7) is 5.53. The summed E-state index contributed by atoms with van der Waals surface area (Å²) in [6.07, 6.45) is 3.70. The second kappa shape index (κ2) is 6.55. The predicted octanol–water partition coefficient (Wildman–Crippen LogP) is 4.16. The van der Waals surface area contributed by atoms with Crippen molar-refractivity contribution in [1.82, 2.24) is 5.32 Å². The molecule has 0 saturated carbocycles. The van der Waals surface area contributed by atoms with Gasteiger partial charge in [0.05, 0.1) is 0 Å². The fourth-order valence-corrected chi connectivity index (χ4v) is 2.24. The van der Waals surface area contributed by atoms with Gasteiger partial charge in [-0.15, -0.1) is 0 Å². The normalized spacial score (nSPS) is 11.3. The largest absolute Gasteiger partial charge is 0.315 e. The summed E-state index contributed by atoms with van der Waals surface area (Å²) >= 11 is 0. The molecule has 0 saturated heterocycles. The Morgan fingerprint density at radius 3 is 2.50 bits per heavy atom. The van der Waals surface area contributed by atoms with Crippen LogP contribution in [0.15, 0.2) is 42.5 Å². The van der Waals surface area contributed by atoms with Crippen LogP contribution >= 0.6 is 0 Å². The molecule has 0 aliphatic rings. The van der Waals surface area contributed by atoms with E-state index in [1.54, 1.807) is 0 Å². The van der Waals surface area contributed by atoms with Gasteiger partial charge in [-0.05, 0) is 42.1 Å². The van der Waals surface area contributed by atoms with Gasteiger partial charge in [0.25, 0.3) is 0 Å². The van der Waals surface area contributed by atoms with Gasteiger partial charge in [0.2, 0.25) is 0 Å². The maximum atomic E-state index is 3.46. The Balaban J connectivity index is 1.84. The van der Waals surface area contributed by atoms with E-state index in [1.807, 2.05) is 0 Å². The van der Waals surface area contributed by atoms with Gasteiger partial charge in [0.15, 0.2) is 0 Å². The molecule has 1 heteroatoms. The van der Waals surface area contributed by atoms with Crippen LogP contribution < -0.4 is 5.32 Å². The van der Waals surface area contributed by atoms with Gasteiger partial charge in [-0.2, -0.15) is 0 Å². The second-order valence-corrected chi connectivity index (χ2v) is 5.25. The van der Waals surface area contributed by atoms with E-state index < -0.39 is 0 Å². The molecular formula is C17H23N. The molecule has 0 amide bonds. The van der Waals surface area contributed by atoms with E-state index in [-0.39, 0.29) is 0 Å². The maximum absolute atomic E-state index is 3.46. The summed E-state index contributed by atoms with van der Waals surface area (Å²) in [6, 6.07) is 16.0. The highest BCUT2D eigenvalue weighted by Gasteiger charge is 1.97. The highest BCUT2D eigenvalue weighted by Crippen LogP contribution is 2.16. The summed E-state index contributed by atoms with van der Waals surface area (Å²) in [7, 11) is 0. The average Bonchev–Trinajstić information content (AvgIpc) is 2.38. The number of hydrogen-bond donors (Lipinski definition) is 1. The lowest BCUT2D eigenvalue weighted by molar-refractivity contribution is 0.557. The predicted molar refractivity (Wildman–Crippen MR) is 80.0 cm³/mol. The highest BCUT2D eigenvalue weighted by atomic mass is 14.9. The van der Waals surface area contributed by atoms with Gasteiger partial charge in [-0.25, -0.2) is 0 Å². The van der Waals surface area contributed by atoms with E-state index in [0.29, 0.717) is 6.04 Å². The van der Waals surface area contributed by atoms with Crippen molar-refractivity contribution in [3.8, 4) is 0 Å². The Morgan fingerprint density at radius 1 is 0.944 bits per heavy atom. The van der Waals surface area contributed by atoms with Crippen LogP contribution in [-0.2, 0) is 6.42 Å². The lowest BCUT2D eigenvalue weighted by atomic mass is 10.0. The molecule has 1 N–H and O–H groups in total. The molecule has 0 unspecified atom stereocenters. The van der Waals surface area contributed by atoms with E-state index in [1.165, 1.54) is 35.6 Å². The topological polar surface area (TPSA) is 12.0 Å². The van der Waals surface area contributed by atoms with Crippen LogP contribution in [0.25, 0.3) is 10.8 Å². The molecule has 96 valence electrons. The molecule has 1 nitrogen and oxygen atoms in total. The summed E-state index contributed by atoms with van der Waals surface area (Å²) < 4.78 is 0. The zero-order valence-corrected chi connectivity index (χ0v) is 11.4. The Kier molecular flexibility index (Phi) is 4.77. The zero-order valence-electron chi connectivity index (χ0n) is 11.4. The van der Waals surface area contributed by atoms with E-state index in [2.05, 4.69) is 61.6 Å². The minimum absolute atomic E-state index is 0.602. The van der Waals surface area contributed by atoms with Gasteiger partial charge in [-0.1, -0.05) is 56.3 Å². The van der Waals surface area contributed by atoms with Crippen LogP contribution in [0, 0.1) is 0 Å². The first-order valence-corrected chi connectivity index (χ1v) is 6.97. The molecule has 0 fully saturated rings. The maximum Gasteiger partial charge on any atom is 0.00103 e. The molecule has 0 radical (unpaired) electrons. The standard InChI is InChI=1S/C17H23N/c1-14(2)18-12-6-5-7-15-10-11-16-8-3-4-9-17(16)13-15/h3-4,8-11,13-14,18H,5-7,12H2,1-2H3. The third-order valence-electron chi connectivity index (χ3n) is 3.26. The van der Waals surface area contributed by atoms with Gasteiger partial charge in [0, 0.05) is 6.04 Å². The molecule has 0 aromatic heterocycles. The van der Waals surface area contributed by atoms with Crippen molar-refractivity contribution in [1.29, 1.82) is 0 Å². The van der Waals surface area contributed by atoms with Gasteiger partial charge in [0.1, 0.15) is 0 Å². The minimum atomic E-state index is 0.602. The van der Waals surface area contributed by atoms with E-state index in [4.69, 9.17) is 0 Å². The molecule has 2 rings (SSSR count). The lowest BCUT2D eigenvalue weighted by Crippen LogP contribution is -2.23. The monoisotopic (exact) mass is 241 g/mol. The summed E-state index contributed by atoms with van der Waals surface area (Å²) in [4.78, 5) is 0. The summed E-state index contributed by atoms with van der Waals surface area (Å²) in [5.41, 5.74) is 1.46. The van der Waals surface area contributed by atoms with Crippen LogP contribution in [0.3, 0.4) is 0 Å². The first kappa shape index (κ1) is 13.1. The first-order chi connectivity index (χ1) is 8.75. The SMILES string of the molecule is CC(C)NCCCCc1ccc2ccccc2c1. The summed E-state index contributed by atoms with van der Waals surface area (Å²) in [5.74, 6) is 0. The van der Waals surface area contributed by atoms with E-state index in [9.17, 15) is 0 Å². The second-order valence-electron chi connectivity index (χ2n) is 5.25. The van der Waals surface area contributed by atoms with Gasteiger partial charge < -0.3 is 5.32 Å². The number of rotatable bonds is 6. The number of fused-ring (bicyclic) bond motifs is 1. The van der Waals surface area contributed by atoms with Gasteiger partial charge >= 0.3 is 0 Å². The van der Waals surface area contributed by atoms with Crippen molar-refractivity contribution in [3.63, 3.8) is 0 Å². The number of aryl methyl sites for hydroxylation is 1. The molecule has 0 bridgehead atoms. The van der Waals surface area contributed by atoms with E-state index in [0.717, 1.165) is 6.54 Å². The van der Waals surface area contributed by atoms with Gasteiger partial charge in [-0.3, -0.25) is 0 Å². The Morgan fingerprint density at radius 2 is 1.72 bits per heavy atom. The number of unbranched alkanes of at least 4 members (excludes halogenated alkanes) is 1. The van der Waals surface area contributed by atoms with Crippen molar-refractivity contribution < 1.29 is 0 Å². The molecule has 18 heavy (non-hydrogen) atoms. The number of hydrogen-bond acceptors (Lipinski definition) is 1. The molecule has 0 atom stereocenters. The molecule has 0 spiro atoms. The first-order valence-electron chi connectivity index (χ1n) is 6.97. The van der Waals surface area contributed by atoms with Crippen molar-refractivity contribution in [2.75, 3.05) is 6.54 Å². The van der Waals surface area contributed by atoms with Crippen LogP contribution in [0.5, 0.6) is 0 Å². The summed E-state index contributed by atoms with van der Waals surface area (Å²) in [5, 5.41) is 6.15. The highest BCUT2D eigenvalue weighted by molar-refractivity contribution is 5.82. The van der Waals surface area contributed by atoms with Crippen molar-refractivity contribution in [2.24, 2.45) is 0 Å². The van der Waals surface area contributed by atoms with Crippen LogP contribution in [0.1, 0.15) is 32.3 Å². The Bertz CT molecular complexity index is 488. The molecule has 0 aliphatic heterocycles. The zero-order chi connectivity index (χ0) is 12.8. The quantitative estimate of drug-likeness (QED) is 0.749. The molecule has 2 aromatic carbocycles. The molecule has 0 aliphatic carbocycles. The minimum Gasteiger partial charge on any atom is -0.315 e. The third kappa shape index (κ3) is 3.85. The molecular weight excluding hydrogens is 218 g/mol. The smallest absolute Gasteiger partial charge is 0.00103 e. The van der Waals surface area contributed by atoms with E-state index >= 15 is 0 Å². The van der Waals surface area contributed by atoms with Crippen LogP contribution in [-0.4, -0.2) is 12.6 Å². The van der Waals surface area contributed by atoms with Crippen molar-refractivity contribution >= 4 is 10.8 Å². The Labute approximate surface area is 110 Å². The third-order valence-corrected chi connectivity index (χ3v) is 3.26. The van der Waals surface area contributed by atoms with Crippen molar-refractivity contribution in [3.05, 3.63) is 48.0 Å². The molecule has 2 aromatic rings. The fraction of sp³-hybridized carbons (Fsp3) is 0.412. The Hall–Kier alpha value is -1.34. The van der Waals surface area contributed by atoms with Crippen molar-refractivity contribution in [2.45, 2.75) is 39.2 Å². The molecule has 0 heterocycles. The lowest BCUT2D eigenvalue weighted by Gasteiger charge is -2.08. The van der Waals surface area contributed by atoms with Crippen LogP contribution in [0.4, 0.5) is 0 Å². The number of benzene rings is 2.